The quantitative estimate of drug-likeness (QED) is 0.517. The number of Topliss-reactive ketones (excluding diaryl/α,β-unsaturated/α-hetero) is 1. The monoisotopic (exact) mass is 488 g/mol. The van der Waals surface area contributed by atoms with Crippen molar-refractivity contribution < 1.29 is 23.9 Å². The van der Waals surface area contributed by atoms with E-state index in [0.29, 0.717) is 39.1 Å². The zero-order valence-electron chi connectivity index (χ0n) is 21.4. The minimum Gasteiger partial charge on any atom is -0.378 e. The Morgan fingerprint density at radius 3 is 2.51 bits per heavy atom. The van der Waals surface area contributed by atoms with Gasteiger partial charge in [-0.2, -0.15) is 0 Å². The van der Waals surface area contributed by atoms with Gasteiger partial charge in [-0.15, -0.1) is 0 Å². The van der Waals surface area contributed by atoms with Crippen molar-refractivity contribution in [1.82, 2.24) is 20.4 Å². The van der Waals surface area contributed by atoms with E-state index in [1.54, 1.807) is 4.90 Å². The Hall–Kier alpha value is -2.49. The molecule has 0 spiro atoms. The van der Waals surface area contributed by atoms with Crippen molar-refractivity contribution in [2.45, 2.75) is 51.3 Å². The molecule has 1 aromatic rings. The first-order chi connectivity index (χ1) is 16.6. The Morgan fingerprint density at radius 1 is 1.17 bits per heavy atom. The summed E-state index contributed by atoms with van der Waals surface area (Å²) in [6.45, 7) is 6.83. The molecule has 2 heterocycles. The molecule has 0 bridgehead atoms. The van der Waals surface area contributed by atoms with Crippen LogP contribution in [0, 0.1) is 5.41 Å². The summed E-state index contributed by atoms with van der Waals surface area (Å²) in [5, 5.41) is 5.85. The number of hydrogen-bond donors (Lipinski definition) is 2. The van der Waals surface area contributed by atoms with E-state index in [1.165, 1.54) is 5.56 Å². The average Bonchev–Trinajstić information content (AvgIpc) is 3.17. The molecule has 2 fully saturated rings. The lowest BCUT2D eigenvalue weighted by Gasteiger charge is -2.33. The van der Waals surface area contributed by atoms with Gasteiger partial charge < -0.3 is 29.9 Å². The molecule has 0 aliphatic carbocycles. The molecular formula is C26H40N4O5. The molecule has 3 rings (SSSR count). The van der Waals surface area contributed by atoms with Crippen LogP contribution in [0.25, 0.3) is 0 Å². The van der Waals surface area contributed by atoms with E-state index in [1.807, 2.05) is 37.2 Å². The molecule has 9 nitrogen and oxygen atoms in total. The van der Waals surface area contributed by atoms with Crippen molar-refractivity contribution in [3.8, 4) is 0 Å². The first kappa shape index (κ1) is 27.1. The maximum absolute atomic E-state index is 13.5. The number of nitrogens with one attached hydrogen (secondary N) is 2. The van der Waals surface area contributed by atoms with Crippen molar-refractivity contribution >= 4 is 17.7 Å². The van der Waals surface area contributed by atoms with Gasteiger partial charge in [0.15, 0.2) is 5.78 Å². The molecule has 3 atom stereocenters. The van der Waals surface area contributed by atoms with Gasteiger partial charge >= 0.3 is 6.03 Å². The van der Waals surface area contributed by atoms with E-state index in [-0.39, 0.29) is 35.8 Å². The predicted molar refractivity (Wildman–Crippen MR) is 133 cm³/mol. The molecule has 0 radical (unpaired) electrons. The van der Waals surface area contributed by atoms with Crippen LogP contribution in [0.4, 0.5) is 4.79 Å². The van der Waals surface area contributed by atoms with Crippen molar-refractivity contribution in [3.63, 3.8) is 0 Å². The van der Waals surface area contributed by atoms with Gasteiger partial charge in [-0.1, -0.05) is 44.2 Å². The van der Waals surface area contributed by atoms with Crippen molar-refractivity contribution in [3.05, 3.63) is 35.9 Å². The van der Waals surface area contributed by atoms with Crippen molar-refractivity contribution in [2.75, 3.05) is 53.6 Å². The van der Waals surface area contributed by atoms with E-state index in [4.69, 9.17) is 9.47 Å². The topological polar surface area (TPSA) is 100 Å². The first-order valence-corrected chi connectivity index (χ1v) is 12.4. The molecule has 2 aliphatic heterocycles. The molecule has 3 amide bonds. The molecule has 0 saturated carbocycles. The van der Waals surface area contributed by atoms with Crippen molar-refractivity contribution in [2.24, 2.45) is 5.41 Å². The lowest BCUT2D eigenvalue weighted by Crippen LogP contribution is -2.57. The number of carbonyl (C=O) groups excluding carboxylic acids is 3. The number of rotatable bonds is 10. The third kappa shape index (κ3) is 8.30. The fourth-order valence-electron chi connectivity index (χ4n) is 4.63. The highest BCUT2D eigenvalue weighted by Crippen LogP contribution is 2.28. The molecule has 0 aromatic heterocycles. The normalized spacial score (nSPS) is 21.7. The largest absolute Gasteiger partial charge is 0.378 e. The summed E-state index contributed by atoms with van der Waals surface area (Å²) in [4.78, 5) is 42.7. The molecule has 1 aromatic carbocycles. The minimum atomic E-state index is -0.785. The molecule has 194 valence electrons. The number of ether oxygens (including phenoxy) is 2. The van der Waals surface area contributed by atoms with Gasteiger partial charge in [0.05, 0.1) is 19.3 Å². The SMILES string of the molecule is CN(C)CCC1OCC(=O)C1NC(=O)[C@H](CC(C)(C)Cc1ccccc1)NC(=O)N1CCOCC1. The summed E-state index contributed by atoms with van der Waals surface area (Å²) in [6.07, 6.45) is 1.44. The van der Waals surface area contributed by atoms with Gasteiger partial charge in [-0.05, 0) is 44.3 Å². The zero-order chi connectivity index (χ0) is 25.4. The first-order valence-electron chi connectivity index (χ1n) is 12.4. The average molecular weight is 489 g/mol. The van der Waals surface area contributed by atoms with Crippen LogP contribution in [0.1, 0.15) is 32.3 Å². The predicted octanol–water partition coefficient (Wildman–Crippen LogP) is 1.46. The second-order valence-corrected chi connectivity index (χ2v) is 10.5. The second kappa shape index (κ2) is 12.5. The number of morpholine rings is 1. The van der Waals surface area contributed by atoms with Gasteiger partial charge in [0.25, 0.3) is 0 Å². The van der Waals surface area contributed by atoms with Gasteiger partial charge in [0, 0.05) is 19.6 Å². The molecule has 9 heteroatoms. The van der Waals surface area contributed by atoms with Crippen LogP contribution < -0.4 is 10.6 Å². The number of urea groups is 1. The smallest absolute Gasteiger partial charge is 0.318 e. The molecule has 35 heavy (non-hydrogen) atoms. The van der Waals surface area contributed by atoms with Crippen LogP contribution in [-0.4, -0.2) is 99.3 Å². The van der Waals surface area contributed by atoms with E-state index < -0.39 is 12.1 Å². The van der Waals surface area contributed by atoms with E-state index in [9.17, 15) is 14.4 Å². The zero-order valence-corrected chi connectivity index (χ0v) is 21.4. The lowest BCUT2D eigenvalue weighted by atomic mass is 9.80. The number of ketones is 1. The number of nitrogens with zero attached hydrogens (tertiary/aromatic N) is 2. The molecule has 2 unspecified atom stereocenters. The highest BCUT2D eigenvalue weighted by Gasteiger charge is 2.39. The summed E-state index contributed by atoms with van der Waals surface area (Å²) < 4.78 is 11.0. The summed E-state index contributed by atoms with van der Waals surface area (Å²) in [7, 11) is 3.91. The van der Waals surface area contributed by atoms with Crippen molar-refractivity contribution in [1.29, 1.82) is 0 Å². The number of carbonyl (C=O) groups is 3. The Balaban J connectivity index is 1.72. The number of benzene rings is 1. The molecule has 2 aliphatic rings. The molecular weight excluding hydrogens is 448 g/mol. The standard InChI is InChI=1S/C26H40N4O5/c1-26(2,16-19-8-6-5-7-9-19)17-20(27-25(33)30-12-14-34-15-13-30)24(32)28-23-21(31)18-35-22(23)10-11-29(3)4/h5-9,20,22-23H,10-18H2,1-4H3,(H,27,33)(H,28,32)/t20-,22?,23?/m0/s1. The highest BCUT2D eigenvalue weighted by atomic mass is 16.5. The summed E-state index contributed by atoms with van der Waals surface area (Å²) in [5.74, 6) is -0.490. The maximum Gasteiger partial charge on any atom is 0.318 e. The Morgan fingerprint density at radius 2 is 1.86 bits per heavy atom. The summed E-state index contributed by atoms with van der Waals surface area (Å²) in [5.41, 5.74) is 0.890. The van der Waals surface area contributed by atoms with Crippen LogP contribution in [0.15, 0.2) is 30.3 Å². The van der Waals surface area contributed by atoms with Crippen LogP contribution in [0.5, 0.6) is 0 Å². The molecule has 2 saturated heterocycles. The van der Waals surface area contributed by atoms with Crippen LogP contribution in [0.3, 0.4) is 0 Å². The fraction of sp³-hybridized carbons (Fsp3) is 0.654. The Kier molecular flexibility index (Phi) is 9.65. The molecule has 2 N–H and O–H groups in total. The lowest BCUT2D eigenvalue weighted by molar-refractivity contribution is -0.128. The highest BCUT2D eigenvalue weighted by molar-refractivity contribution is 5.94. The van der Waals surface area contributed by atoms with Crippen LogP contribution in [-0.2, 0) is 25.5 Å². The van der Waals surface area contributed by atoms with E-state index >= 15 is 0 Å². The van der Waals surface area contributed by atoms with Gasteiger partial charge in [0.2, 0.25) is 5.91 Å². The van der Waals surface area contributed by atoms with E-state index in [2.05, 4.69) is 36.6 Å². The summed E-state index contributed by atoms with van der Waals surface area (Å²) in [6, 6.07) is 8.31. The maximum atomic E-state index is 13.5. The third-order valence-corrected chi connectivity index (χ3v) is 6.51. The van der Waals surface area contributed by atoms with Gasteiger partial charge in [-0.3, -0.25) is 9.59 Å². The summed E-state index contributed by atoms with van der Waals surface area (Å²) >= 11 is 0. The fourth-order valence-corrected chi connectivity index (χ4v) is 4.63. The Labute approximate surface area is 208 Å². The Bertz CT molecular complexity index is 855. The van der Waals surface area contributed by atoms with Crippen LogP contribution >= 0.6 is 0 Å². The third-order valence-electron chi connectivity index (χ3n) is 6.51. The van der Waals surface area contributed by atoms with E-state index in [0.717, 1.165) is 13.0 Å². The number of hydrogen-bond acceptors (Lipinski definition) is 6. The van der Waals surface area contributed by atoms with Gasteiger partial charge in [0.1, 0.15) is 18.7 Å². The number of amides is 3. The van der Waals surface area contributed by atoms with Gasteiger partial charge in [-0.25, -0.2) is 4.79 Å². The second-order valence-electron chi connectivity index (χ2n) is 10.5. The minimum absolute atomic E-state index is 0.00660. The van der Waals surface area contributed by atoms with Crippen LogP contribution in [0.2, 0.25) is 0 Å².